The van der Waals surface area contributed by atoms with E-state index in [-0.39, 0.29) is 30.3 Å². The lowest BCUT2D eigenvalue weighted by Gasteiger charge is -2.35. The third-order valence-electron chi connectivity index (χ3n) is 5.11. The largest absolute Gasteiger partial charge is 0.484 e. The Morgan fingerprint density at radius 3 is 2.41 bits per heavy atom. The maximum absolute atomic E-state index is 13.2. The molecule has 0 atom stereocenters. The number of hydrogen-bond acceptors (Lipinski definition) is 8. The van der Waals surface area contributed by atoms with Crippen LogP contribution in [0.3, 0.4) is 0 Å². The number of methoxy groups -OCH3 is 1. The van der Waals surface area contributed by atoms with Gasteiger partial charge < -0.3 is 19.1 Å². The average Bonchev–Trinajstić information content (AvgIpc) is 2.82. The van der Waals surface area contributed by atoms with Gasteiger partial charge in [0, 0.05) is 39.9 Å². The van der Waals surface area contributed by atoms with E-state index in [1.165, 1.54) is 16.1 Å². The zero-order valence-corrected chi connectivity index (χ0v) is 19.3. The first-order valence-electron chi connectivity index (χ1n) is 10.6. The first-order chi connectivity index (χ1) is 15.5. The van der Waals surface area contributed by atoms with E-state index < -0.39 is 10.0 Å². The second kappa shape index (κ2) is 11.4. The number of ether oxygens (including phenoxy) is 3. The number of hydrogen-bond donors (Lipinski definition) is 0. The number of benzene rings is 1. The van der Waals surface area contributed by atoms with Crippen LogP contribution in [0.15, 0.2) is 41.3 Å². The summed E-state index contributed by atoms with van der Waals surface area (Å²) in [4.78, 5) is 15.2. The first-order valence-corrected chi connectivity index (χ1v) is 12.2. The Morgan fingerprint density at radius 2 is 1.75 bits per heavy atom. The number of sulfonamides is 1. The molecule has 11 heteroatoms. The van der Waals surface area contributed by atoms with Crippen LogP contribution in [0, 0.1) is 0 Å². The Balaban J connectivity index is 1.82. The highest BCUT2D eigenvalue weighted by Crippen LogP contribution is 2.26. The Hall–Kier alpha value is -2.47. The number of aromatic nitrogens is 2. The van der Waals surface area contributed by atoms with Gasteiger partial charge in [-0.05, 0) is 19.1 Å². The molecule has 1 aliphatic rings. The molecular weight excluding hydrogens is 436 g/mol. The van der Waals surface area contributed by atoms with Gasteiger partial charge in [-0.1, -0.05) is 18.2 Å². The van der Waals surface area contributed by atoms with Gasteiger partial charge in [-0.25, -0.2) is 8.42 Å². The lowest BCUT2D eigenvalue weighted by Crippen LogP contribution is -2.50. The van der Waals surface area contributed by atoms with Crippen molar-refractivity contribution in [3.63, 3.8) is 0 Å². The lowest BCUT2D eigenvalue weighted by molar-refractivity contribution is 0.109. The fraction of sp³-hybridized carbons (Fsp3) is 0.524. The van der Waals surface area contributed by atoms with Gasteiger partial charge in [0.05, 0.1) is 30.9 Å². The van der Waals surface area contributed by atoms with Crippen molar-refractivity contribution in [3.05, 3.63) is 46.9 Å². The maximum Gasteiger partial charge on any atom is 0.316 e. The van der Waals surface area contributed by atoms with Gasteiger partial charge in [0.2, 0.25) is 15.8 Å². The van der Waals surface area contributed by atoms with E-state index in [0.717, 1.165) is 0 Å². The van der Waals surface area contributed by atoms with E-state index in [9.17, 15) is 13.2 Å². The number of piperazine rings is 1. The molecule has 32 heavy (non-hydrogen) atoms. The van der Waals surface area contributed by atoms with Crippen LogP contribution in [0.2, 0.25) is 0 Å². The molecular formula is C21H30N4O6S. The monoisotopic (exact) mass is 466 g/mol. The van der Waals surface area contributed by atoms with Crippen molar-refractivity contribution in [1.29, 1.82) is 0 Å². The van der Waals surface area contributed by atoms with Gasteiger partial charge >= 0.3 is 5.56 Å². The molecule has 0 unspecified atom stereocenters. The van der Waals surface area contributed by atoms with Crippen molar-refractivity contribution in [2.45, 2.75) is 6.92 Å². The van der Waals surface area contributed by atoms with Crippen LogP contribution in [0.5, 0.6) is 5.75 Å². The molecule has 0 bridgehead atoms. The van der Waals surface area contributed by atoms with Crippen molar-refractivity contribution in [2.24, 2.45) is 0 Å². The number of nitrogens with zero attached hydrogens (tertiary/aromatic N) is 4. The summed E-state index contributed by atoms with van der Waals surface area (Å²) in [6.07, 6.45) is 1.60. The number of rotatable bonds is 11. The molecule has 1 aromatic heterocycles. The van der Waals surface area contributed by atoms with Gasteiger partial charge in [-0.2, -0.15) is 14.1 Å². The minimum Gasteiger partial charge on any atom is -0.484 e. The predicted octanol–water partition coefficient (Wildman–Crippen LogP) is 0.746. The highest BCUT2D eigenvalue weighted by molar-refractivity contribution is 7.89. The number of anilines is 1. The molecule has 0 N–H and O–H groups in total. The summed E-state index contributed by atoms with van der Waals surface area (Å²) >= 11 is 0. The zero-order valence-electron chi connectivity index (χ0n) is 18.5. The molecule has 176 valence electrons. The smallest absolute Gasteiger partial charge is 0.316 e. The fourth-order valence-corrected chi connectivity index (χ4v) is 4.77. The van der Waals surface area contributed by atoms with E-state index in [2.05, 4.69) is 5.10 Å². The van der Waals surface area contributed by atoms with Crippen molar-refractivity contribution in [3.8, 4) is 11.4 Å². The summed E-state index contributed by atoms with van der Waals surface area (Å²) in [5.41, 5.74) is 0.806. The minimum absolute atomic E-state index is 0.0516. The van der Waals surface area contributed by atoms with Gasteiger partial charge in [0.1, 0.15) is 12.3 Å². The topological polar surface area (TPSA) is 103 Å². The molecule has 1 aliphatic heterocycles. The normalized spacial score (nSPS) is 15.1. The van der Waals surface area contributed by atoms with E-state index >= 15 is 0 Å². The van der Waals surface area contributed by atoms with Gasteiger partial charge in [0.25, 0.3) is 0 Å². The summed E-state index contributed by atoms with van der Waals surface area (Å²) in [5, 5.41) is 4.34. The van der Waals surface area contributed by atoms with Crippen LogP contribution in [-0.2, 0) is 19.5 Å². The first kappa shape index (κ1) is 24.2. The van der Waals surface area contributed by atoms with Crippen LogP contribution >= 0.6 is 0 Å². The van der Waals surface area contributed by atoms with Crippen LogP contribution in [0.4, 0.5) is 5.69 Å². The van der Waals surface area contributed by atoms with Gasteiger partial charge in [-0.15, -0.1) is 0 Å². The molecule has 1 saturated heterocycles. The van der Waals surface area contributed by atoms with Crippen molar-refractivity contribution >= 4 is 15.7 Å². The van der Waals surface area contributed by atoms with Crippen molar-refractivity contribution < 1.29 is 22.6 Å². The second-order valence-corrected chi connectivity index (χ2v) is 9.24. The van der Waals surface area contributed by atoms with Crippen LogP contribution in [-0.4, -0.2) is 88.0 Å². The molecule has 2 aromatic rings. The second-order valence-electron chi connectivity index (χ2n) is 7.15. The summed E-state index contributed by atoms with van der Waals surface area (Å²) in [5.74, 6) is 0.128. The van der Waals surface area contributed by atoms with E-state index in [1.807, 2.05) is 30.0 Å². The summed E-state index contributed by atoms with van der Waals surface area (Å²) in [6, 6.07) is 9.11. The summed E-state index contributed by atoms with van der Waals surface area (Å²) in [6.45, 7) is 4.64. The maximum atomic E-state index is 13.2. The predicted molar refractivity (Wildman–Crippen MR) is 121 cm³/mol. The molecule has 2 heterocycles. The highest BCUT2D eigenvalue weighted by atomic mass is 32.2. The minimum atomic E-state index is -3.38. The standard InChI is InChI=1S/C21H30N4O6S/c1-3-30-13-14-31-20-19(17-22-25(21(20)26)18-7-5-4-6-8-18)23-9-11-24(12-10-23)32(27,28)16-15-29-2/h4-8,17H,3,9-16H2,1-2H3. The quantitative estimate of drug-likeness (QED) is 0.447. The Kier molecular flexibility index (Phi) is 8.62. The summed E-state index contributed by atoms with van der Waals surface area (Å²) in [7, 11) is -1.90. The number of para-hydroxylation sites is 1. The summed E-state index contributed by atoms with van der Waals surface area (Å²) < 4.78 is 43.7. The molecule has 10 nitrogen and oxygen atoms in total. The molecule has 0 radical (unpaired) electrons. The average molecular weight is 467 g/mol. The Bertz CT molecular complexity index is 1020. The van der Waals surface area contributed by atoms with E-state index in [4.69, 9.17) is 14.2 Å². The Labute approximate surface area is 188 Å². The molecule has 0 amide bonds. The van der Waals surface area contributed by atoms with E-state index in [1.54, 1.807) is 18.3 Å². The molecule has 1 fully saturated rings. The van der Waals surface area contributed by atoms with Crippen molar-refractivity contribution in [2.75, 3.05) is 70.4 Å². The van der Waals surface area contributed by atoms with Crippen LogP contribution < -0.4 is 15.2 Å². The third kappa shape index (κ3) is 5.85. The third-order valence-corrected chi connectivity index (χ3v) is 6.95. The van der Waals surface area contributed by atoms with E-state index in [0.29, 0.717) is 50.8 Å². The molecule has 0 saturated carbocycles. The molecule has 0 spiro atoms. The van der Waals surface area contributed by atoms with Gasteiger partial charge in [0.15, 0.2) is 0 Å². The SMILES string of the molecule is CCOCCOc1c(N2CCN(S(=O)(=O)CCOC)CC2)cnn(-c2ccccc2)c1=O. The van der Waals surface area contributed by atoms with Crippen LogP contribution in [0.25, 0.3) is 5.69 Å². The lowest BCUT2D eigenvalue weighted by atomic mass is 10.3. The van der Waals surface area contributed by atoms with Gasteiger partial charge in [-0.3, -0.25) is 4.79 Å². The zero-order chi connectivity index (χ0) is 23.0. The molecule has 0 aliphatic carbocycles. The van der Waals surface area contributed by atoms with Crippen LogP contribution in [0.1, 0.15) is 6.92 Å². The molecule has 3 rings (SSSR count). The molecule has 1 aromatic carbocycles. The van der Waals surface area contributed by atoms with Crippen molar-refractivity contribution in [1.82, 2.24) is 14.1 Å². The fourth-order valence-electron chi connectivity index (χ4n) is 3.42. The highest BCUT2D eigenvalue weighted by Gasteiger charge is 2.29. The Morgan fingerprint density at radius 1 is 1.03 bits per heavy atom.